The molecule has 0 saturated carbocycles. The van der Waals surface area contributed by atoms with E-state index in [9.17, 15) is 8.78 Å². The van der Waals surface area contributed by atoms with Gasteiger partial charge in [-0.05, 0) is 15.9 Å². The molecule has 0 saturated heterocycles. The van der Waals surface area contributed by atoms with Crippen LogP contribution in [0.3, 0.4) is 0 Å². The predicted molar refractivity (Wildman–Crippen MR) is 50.6 cm³/mol. The van der Waals surface area contributed by atoms with Gasteiger partial charge in [-0.1, -0.05) is 0 Å². The van der Waals surface area contributed by atoms with Crippen molar-refractivity contribution in [3.8, 4) is 6.07 Å². The number of anilines is 1. The lowest BCUT2D eigenvalue weighted by Crippen LogP contribution is -2.02. The normalized spacial score (nSPS) is 10.2. The van der Waals surface area contributed by atoms with Crippen LogP contribution < -0.4 is 5.73 Å². The molecule has 0 radical (unpaired) electrons. The molecule has 1 aromatic heterocycles. The average molecular weight is 262 g/mol. The Morgan fingerprint density at radius 2 is 2.29 bits per heavy atom. The van der Waals surface area contributed by atoms with Crippen LogP contribution in [0, 0.1) is 11.3 Å². The van der Waals surface area contributed by atoms with Gasteiger partial charge >= 0.3 is 0 Å². The van der Waals surface area contributed by atoms with E-state index in [-0.39, 0.29) is 12.1 Å². The van der Waals surface area contributed by atoms with Gasteiger partial charge in [-0.25, -0.2) is 8.78 Å². The third-order valence-corrected chi connectivity index (χ3v) is 2.57. The van der Waals surface area contributed by atoms with E-state index in [1.54, 1.807) is 0 Å². The summed E-state index contributed by atoms with van der Waals surface area (Å²) in [5.41, 5.74) is 5.36. The van der Waals surface area contributed by atoms with Crippen molar-refractivity contribution in [2.75, 3.05) is 5.73 Å². The summed E-state index contributed by atoms with van der Waals surface area (Å²) < 4.78 is 24.9. The van der Waals surface area contributed by atoms with Crippen LogP contribution in [-0.2, 0) is 6.42 Å². The highest BCUT2D eigenvalue weighted by atomic mass is 79.9. The molecular formula is C8H6BrF2N3. The minimum atomic E-state index is -2.71. The van der Waals surface area contributed by atoms with Gasteiger partial charge in [0.15, 0.2) is 0 Å². The number of nitrogen functional groups attached to an aromatic ring is 1. The molecule has 3 nitrogen and oxygen atoms in total. The number of halogens is 3. The lowest BCUT2D eigenvalue weighted by atomic mass is 10.2. The maximum atomic E-state index is 12.3. The molecule has 0 atom stereocenters. The quantitative estimate of drug-likeness (QED) is 0.890. The molecule has 0 amide bonds. The van der Waals surface area contributed by atoms with Crippen molar-refractivity contribution >= 4 is 21.6 Å². The van der Waals surface area contributed by atoms with Gasteiger partial charge in [0.1, 0.15) is 5.69 Å². The summed E-state index contributed by atoms with van der Waals surface area (Å²) in [4.78, 5) is 3.50. The highest BCUT2D eigenvalue weighted by molar-refractivity contribution is 9.10. The number of hydrogen-bond donors (Lipinski definition) is 1. The number of nitrogens with two attached hydrogens (primary N) is 1. The van der Waals surface area contributed by atoms with Gasteiger partial charge in [0.05, 0.1) is 18.2 Å². The third-order valence-electron chi connectivity index (χ3n) is 1.63. The Bertz CT molecular complexity index is 387. The van der Waals surface area contributed by atoms with E-state index in [2.05, 4.69) is 20.9 Å². The molecule has 1 heterocycles. The van der Waals surface area contributed by atoms with Crippen LogP contribution in [0.2, 0.25) is 0 Å². The molecule has 0 fully saturated rings. The molecule has 74 valence electrons. The summed E-state index contributed by atoms with van der Waals surface area (Å²) in [6, 6.07) is 1.89. The molecule has 2 N–H and O–H groups in total. The van der Waals surface area contributed by atoms with E-state index in [1.807, 2.05) is 6.07 Å². The topological polar surface area (TPSA) is 62.7 Å². The molecule has 6 heteroatoms. The first-order valence-electron chi connectivity index (χ1n) is 3.65. The molecule has 0 bridgehead atoms. The smallest absolute Gasteiger partial charge is 0.282 e. The van der Waals surface area contributed by atoms with Gasteiger partial charge < -0.3 is 5.73 Å². The van der Waals surface area contributed by atoms with Crippen LogP contribution >= 0.6 is 15.9 Å². The second-order valence-electron chi connectivity index (χ2n) is 2.53. The van der Waals surface area contributed by atoms with Crippen LogP contribution in [0.25, 0.3) is 0 Å². The highest BCUT2D eigenvalue weighted by Gasteiger charge is 2.17. The zero-order chi connectivity index (χ0) is 10.7. The summed E-state index contributed by atoms with van der Waals surface area (Å²) >= 11 is 3.05. The van der Waals surface area contributed by atoms with Gasteiger partial charge in [-0.15, -0.1) is 0 Å². The van der Waals surface area contributed by atoms with E-state index < -0.39 is 12.1 Å². The highest BCUT2D eigenvalue weighted by Crippen LogP contribution is 2.31. The first-order valence-corrected chi connectivity index (χ1v) is 4.45. The Morgan fingerprint density at radius 3 is 2.79 bits per heavy atom. The lowest BCUT2D eigenvalue weighted by Gasteiger charge is -2.07. The molecule has 14 heavy (non-hydrogen) atoms. The van der Waals surface area contributed by atoms with E-state index in [0.717, 1.165) is 0 Å². The lowest BCUT2D eigenvalue weighted by molar-refractivity contribution is 0.147. The zero-order valence-electron chi connectivity index (χ0n) is 6.97. The number of rotatable bonds is 2. The van der Waals surface area contributed by atoms with E-state index >= 15 is 0 Å². The van der Waals surface area contributed by atoms with Crippen LogP contribution in [-0.4, -0.2) is 4.98 Å². The standard InChI is InChI=1S/C8H6BrF2N3/c9-5-4(1-2-12)3-14-7(6(5)13)8(10)11/h3,8H,1,13H2. The molecule has 0 aliphatic rings. The number of alkyl halides is 2. The molecule has 0 spiro atoms. The van der Waals surface area contributed by atoms with Crippen LogP contribution in [0.1, 0.15) is 17.7 Å². The number of nitriles is 1. The Balaban J connectivity index is 3.20. The number of aromatic nitrogens is 1. The fourth-order valence-electron chi connectivity index (χ4n) is 0.941. The molecule has 1 rings (SSSR count). The summed E-state index contributed by atoms with van der Waals surface area (Å²) in [7, 11) is 0. The SMILES string of the molecule is N#CCc1cnc(C(F)F)c(N)c1Br. The fourth-order valence-corrected chi connectivity index (χ4v) is 1.39. The molecule has 0 unspecified atom stereocenters. The van der Waals surface area contributed by atoms with Crippen molar-refractivity contribution in [1.29, 1.82) is 5.26 Å². The van der Waals surface area contributed by atoms with E-state index in [1.165, 1.54) is 6.20 Å². The minimum Gasteiger partial charge on any atom is -0.396 e. The number of hydrogen-bond acceptors (Lipinski definition) is 3. The van der Waals surface area contributed by atoms with Crippen LogP contribution in [0.5, 0.6) is 0 Å². The minimum absolute atomic E-state index is 0.0846. The monoisotopic (exact) mass is 261 g/mol. The van der Waals surface area contributed by atoms with Gasteiger partial charge in [-0.2, -0.15) is 5.26 Å². The maximum Gasteiger partial charge on any atom is 0.282 e. The first-order chi connectivity index (χ1) is 6.57. The summed E-state index contributed by atoms with van der Waals surface area (Å²) in [5.74, 6) is 0. The Morgan fingerprint density at radius 1 is 1.64 bits per heavy atom. The molecular weight excluding hydrogens is 256 g/mol. The largest absolute Gasteiger partial charge is 0.396 e. The second kappa shape index (κ2) is 4.33. The van der Waals surface area contributed by atoms with Crippen LogP contribution in [0.15, 0.2) is 10.7 Å². The Hall–Kier alpha value is -1.22. The van der Waals surface area contributed by atoms with Crippen molar-refractivity contribution in [3.63, 3.8) is 0 Å². The van der Waals surface area contributed by atoms with E-state index in [0.29, 0.717) is 10.0 Å². The van der Waals surface area contributed by atoms with Crippen molar-refractivity contribution in [1.82, 2.24) is 4.98 Å². The summed E-state index contributed by atoms with van der Waals surface area (Å²) in [5, 5.41) is 8.43. The molecule has 0 aliphatic heterocycles. The van der Waals surface area contributed by atoms with Crippen molar-refractivity contribution in [2.45, 2.75) is 12.8 Å². The van der Waals surface area contributed by atoms with Gasteiger partial charge in [0.2, 0.25) is 0 Å². The van der Waals surface area contributed by atoms with Crippen molar-refractivity contribution in [3.05, 3.63) is 21.9 Å². The van der Waals surface area contributed by atoms with E-state index in [4.69, 9.17) is 11.0 Å². The zero-order valence-corrected chi connectivity index (χ0v) is 8.55. The van der Waals surface area contributed by atoms with Crippen molar-refractivity contribution < 1.29 is 8.78 Å². The van der Waals surface area contributed by atoms with Gasteiger partial charge in [0.25, 0.3) is 6.43 Å². The van der Waals surface area contributed by atoms with Gasteiger partial charge in [-0.3, -0.25) is 4.98 Å². The first kappa shape index (κ1) is 10.9. The molecule has 0 aromatic carbocycles. The maximum absolute atomic E-state index is 12.3. The molecule has 0 aliphatic carbocycles. The van der Waals surface area contributed by atoms with Crippen molar-refractivity contribution in [2.24, 2.45) is 0 Å². The van der Waals surface area contributed by atoms with Gasteiger partial charge in [0, 0.05) is 16.2 Å². The second-order valence-corrected chi connectivity index (χ2v) is 3.32. The Labute approximate surface area is 87.7 Å². The average Bonchev–Trinajstić information content (AvgIpc) is 2.13. The summed E-state index contributed by atoms with van der Waals surface area (Å²) in [6.07, 6.45) is -1.39. The molecule has 1 aromatic rings. The Kier molecular flexibility index (Phi) is 3.36. The third kappa shape index (κ3) is 1.99. The fraction of sp³-hybridized carbons (Fsp3) is 0.250. The predicted octanol–water partition coefficient (Wildman–Crippen LogP) is 2.43. The summed E-state index contributed by atoms with van der Waals surface area (Å²) in [6.45, 7) is 0. The van der Waals surface area contributed by atoms with Crippen LogP contribution in [0.4, 0.5) is 14.5 Å². The number of pyridine rings is 1. The number of nitrogens with zero attached hydrogens (tertiary/aromatic N) is 2.